The summed E-state index contributed by atoms with van der Waals surface area (Å²) in [6, 6.07) is 43.6. The summed E-state index contributed by atoms with van der Waals surface area (Å²) in [5.74, 6) is 0. The Morgan fingerprint density at radius 1 is 0.265 bits per heavy atom. The van der Waals surface area contributed by atoms with Gasteiger partial charge in [-0.1, -0.05) is 208 Å². The third-order valence-corrected chi connectivity index (χ3v) is 16.6. The number of rotatable bonds is 4. The van der Waals surface area contributed by atoms with E-state index in [0.717, 1.165) is 0 Å². The van der Waals surface area contributed by atoms with E-state index >= 15 is 0 Å². The van der Waals surface area contributed by atoms with Gasteiger partial charge in [0.15, 0.2) is 0 Å². The maximum atomic E-state index is 2.51. The predicted octanol–water partition coefficient (Wildman–Crippen LogP) is 19.4. The lowest BCUT2D eigenvalue weighted by molar-refractivity contribution is 0.579. The lowest BCUT2D eigenvalue weighted by Gasteiger charge is -2.27. The van der Waals surface area contributed by atoms with Gasteiger partial charge in [0.2, 0.25) is 0 Å². The zero-order valence-corrected chi connectivity index (χ0v) is 45.4. The lowest BCUT2D eigenvalue weighted by atomic mass is 9.76. The Bertz CT molecular complexity index is 2930. The standard InChI is InChI=1S/C68H78/c1-39-40(2)60(46-27-23-44(24-28-46)54-34-50(66(14,15)16)38-58-62(54)52-32-30-48(64(8,9)10)36-56(52)68(58,19)20)42(4)41(3)59(39)45-25-21-43(22-26-45)53-33-49(65(11,12)13)37-57-61(53)51-31-29-47(63(5,6)7)35-55(51)67(57,17)18/h21-38H,1-20H3. The summed E-state index contributed by atoms with van der Waals surface area (Å²) >= 11 is 0. The van der Waals surface area contributed by atoms with E-state index < -0.39 is 0 Å². The molecule has 0 aromatic heterocycles. The van der Waals surface area contributed by atoms with Gasteiger partial charge < -0.3 is 0 Å². The van der Waals surface area contributed by atoms with Crippen LogP contribution >= 0.6 is 0 Å². The second kappa shape index (κ2) is 15.5. The van der Waals surface area contributed by atoms with Gasteiger partial charge in [-0.3, -0.25) is 0 Å². The second-order valence-corrected chi connectivity index (χ2v) is 26.1. The van der Waals surface area contributed by atoms with Crippen LogP contribution in [0.4, 0.5) is 0 Å². The van der Waals surface area contributed by atoms with E-state index in [0.29, 0.717) is 0 Å². The minimum Gasteiger partial charge on any atom is -0.0579 e. The lowest BCUT2D eigenvalue weighted by Crippen LogP contribution is -2.19. The Balaban J connectivity index is 1.11. The molecule has 0 atom stereocenters. The molecule has 0 N–H and O–H groups in total. The Kier molecular flexibility index (Phi) is 10.9. The van der Waals surface area contributed by atoms with E-state index in [9.17, 15) is 0 Å². The molecule has 7 aromatic rings. The first kappa shape index (κ1) is 47.6. The van der Waals surface area contributed by atoms with Gasteiger partial charge in [-0.15, -0.1) is 0 Å². The van der Waals surface area contributed by atoms with Crippen LogP contribution in [0, 0.1) is 27.7 Å². The third kappa shape index (κ3) is 7.56. The van der Waals surface area contributed by atoms with Gasteiger partial charge in [0.1, 0.15) is 0 Å². The molecular weight excluding hydrogens is 817 g/mol. The van der Waals surface area contributed by atoms with Gasteiger partial charge in [-0.2, -0.15) is 0 Å². The zero-order valence-electron chi connectivity index (χ0n) is 45.4. The van der Waals surface area contributed by atoms with E-state index in [1.807, 2.05) is 0 Å². The molecule has 0 saturated carbocycles. The Morgan fingerprint density at radius 2 is 0.529 bits per heavy atom. The molecule has 0 unspecified atom stereocenters. The summed E-state index contributed by atoms with van der Waals surface area (Å²) in [5.41, 5.74) is 32.8. The van der Waals surface area contributed by atoms with Crippen molar-refractivity contribution in [3.05, 3.63) is 176 Å². The van der Waals surface area contributed by atoms with Gasteiger partial charge in [-0.25, -0.2) is 0 Å². The molecule has 9 rings (SSSR count). The van der Waals surface area contributed by atoms with Gasteiger partial charge >= 0.3 is 0 Å². The molecule has 0 radical (unpaired) electrons. The van der Waals surface area contributed by atoms with Crippen LogP contribution in [0.3, 0.4) is 0 Å². The predicted molar refractivity (Wildman–Crippen MR) is 297 cm³/mol. The highest BCUT2D eigenvalue weighted by Crippen LogP contribution is 2.56. The highest BCUT2D eigenvalue weighted by molar-refractivity contribution is 5.96. The van der Waals surface area contributed by atoms with Crippen LogP contribution in [0.5, 0.6) is 0 Å². The Morgan fingerprint density at radius 3 is 0.809 bits per heavy atom. The first-order valence-electron chi connectivity index (χ1n) is 25.4. The number of hydrogen-bond donors (Lipinski definition) is 0. The average Bonchev–Trinajstić information content (AvgIpc) is 3.63. The van der Waals surface area contributed by atoms with Gasteiger partial charge in [0, 0.05) is 10.8 Å². The van der Waals surface area contributed by atoms with Crippen LogP contribution < -0.4 is 0 Å². The fraction of sp³-hybridized carbons (Fsp3) is 0.382. The highest BCUT2D eigenvalue weighted by Gasteiger charge is 2.41. The van der Waals surface area contributed by atoms with Crippen molar-refractivity contribution in [1.82, 2.24) is 0 Å². The van der Waals surface area contributed by atoms with Gasteiger partial charge in [0.25, 0.3) is 0 Å². The molecule has 0 spiro atoms. The van der Waals surface area contributed by atoms with Crippen molar-refractivity contribution in [2.75, 3.05) is 0 Å². The van der Waals surface area contributed by atoms with Gasteiger partial charge in [-0.05, 0) is 195 Å². The third-order valence-electron chi connectivity index (χ3n) is 16.6. The SMILES string of the molecule is Cc1c(C)c(-c2ccc(-c3cc(C(C)(C)C)cc4c3-c3ccc(C(C)(C)C)cc3C4(C)C)cc2)c(C)c(C)c1-c1ccc(-c2cc(C(C)(C)C)cc3c2-c2ccc(C(C)(C)C)cc2C3(C)C)cc1. The molecule has 0 bridgehead atoms. The normalized spacial score (nSPS) is 15.0. The minimum atomic E-state index is -0.0925. The second-order valence-electron chi connectivity index (χ2n) is 26.1. The summed E-state index contributed by atoms with van der Waals surface area (Å²) in [6.07, 6.45) is 0. The molecule has 0 aliphatic heterocycles. The molecule has 0 nitrogen and oxygen atoms in total. The van der Waals surface area contributed by atoms with Crippen LogP contribution in [0.2, 0.25) is 0 Å². The molecule has 0 heterocycles. The summed E-state index contributed by atoms with van der Waals surface area (Å²) in [5, 5.41) is 0. The summed E-state index contributed by atoms with van der Waals surface area (Å²) < 4.78 is 0. The molecule has 7 aromatic carbocycles. The average molecular weight is 895 g/mol. The number of benzene rings is 7. The molecule has 0 amide bonds. The highest BCUT2D eigenvalue weighted by atomic mass is 14.4. The quantitative estimate of drug-likeness (QED) is 0.165. The van der Waals surface area contributed by atoms with E-state index in [4.69, 9.17) is 0 Å². The fourth-order valence-electron chi connectivity index (χ4n) is 11.8. The van der Waals surface area contributed by atoms with Crippen LogP contribution in [0.15, 0.2) is 109 Å². The van der Waals surface area contributed by atoms with Crippen LogP contribution in [-0.4, -0.2) is 0 Å². The van der Waals surface area contributed by atoms with Crippen molar-refractivity contribution in [2.24, 2.45) is 0 Å². The van der Waals surface area contributed by atoms with Crippen LogP contribution in [-0.2, 0) is 32.5 Å². The number of fused-ring (bicyclic) bond motifs is 6. The zero-order chi connectivity index (χ0) is 49.6. The first-order chi connectivity index (χ1) is 31.4. The van der Waals surface area contributed by atoms with Crippen molar-refractivity contribution >= 4 is 0 Å². The smallest absolute Gasteiger partial charge is 0.0159 e. The van der Waals surface area contributed by atoms with Crippen molar-refractivity contribution in [3.63, 3.8) is 0 Å². The van der Waals surface area contributed by atoms with Crippen molar-refractivity contribution in [1.29, 1.82) is 0 Å². The van der Waals surface area contributed by atoms with Crippen LogP contribution in [0.25, 0.3) is 66.8 Å². The largest absolute Gasteiger partial charge is 0.0579 e. The first-order valence-corrected chi connectivity index (χ1v) is 25.4. The van der Waals surface area contributed by atoms with Crippen molar-refractivity contribution in [2.45, 2.75) is 171 Å². The molecule has 2 aliphatic carbocycles. The Hall–Kier alpha value is -5.46. The van der Waals surface area contributed by atoms with Crippen molar-refractivity contribution < 1.29 is 0 Å². The molecule has 350 valence electrons. The summed E-state index contributed by atoms with van der Waals surface area (Å²) in [7, 11) is 0. The maximum absolute atomic E-state index is 2.51. The summed E-state index contributed by atoms with van der Waals surface area (Å²) in [4.78, 5) is 0. The molecule has 2 aliphatic rings. The van der Waals surface area contributed by atoms with Crippen LogP contribution in [0.1, 0.15) is 178 Å². The van der Waals surface area contributed by atoms with E-state index in [1.54, 1.807) is 0 Å². The van der Waals surface area contributed by atoms with E-state index in [2.05, 4.69) is 248 Å². The number of hydrogen-bond acceptors (Lipinski definition) is 0. The van der Waals surface area contributed by atoms with E-state index in [1.165, 1.54) is 134 Å². The molecule has 0 heteroatoms. The minimum absolute atomic E-state index is 0.0219. The molecule has 68 heavy (non-hydrogen) atoms. The van der Waals surface area contributed by atoms with E-state index in [-0.39, 0.29) is 32.5 Å². The molecular formula is C68H78. The molecule has 0 fully saturated rings. The Labute approximate surface area is 411 Å². The summed E-state index contributed by atoms with van der Waals surface area (Å²) in [6.45, 7) is 47.1. The van der Waals surface area contributed by atoms with Gasteiger partial charge in [0.05, 0.1) is 0 Å². The maximum Gasteiger partial charge on any atom is 0.0159 e. The van der Waals surface area contributed by atoms with Crippen molar-refractivity contribution in [3.8, 4) is 66.8 Å². The molecule has 0 saturated heterocycles. The fourth-order valence-corrected chi connectivity index (χ4v) is 11.8. The topological polar surface area (TPSA) is 0 Å². The monoisotopic (exact) mass is 895 g/mol.